The Kier molecular flexibility index (Phi) is 3.86. The summed E-state index contributed by atoms with van der Waals surface area (Å²) in [4.78, 5) is 14.4. The molecule has 0 spiro atoms. The zero-order chi connectivity index (χ0) is 13.2. The zero-order valence-corrected chi connectivity index (χ0v) is 12.0. The Labute approximate surface area is 117 Å². The fourth-order valence-corrected chi connectivity index (χ4v) is 3.59. The van der Waals surface area contributed by atoms with Gasteiger partial charge in [0.05, 0.1) is 18.7 Å². The molecule has 1 amide bonds. The number of rotatable bonds is 2. The second-order valence-electron chi connectivity index (χ2n) is 5.38. The first-order valence-electron chi connectivity index (χ1n) is 6.94. The van der Waals surface area contributed by atoms with Crippen LogP contribution in [-0.4, -0.2) is 42.6 Å². The van der Waals surface area contributed by atoms with Crippen LogP contribution in [0.2, 0.25) is 0 Å². The third-order valence-electron chi connectivity index (χ3n) is 3.85. The summed E-state index contributed by atoms with van der Waals surface area (Å²) in [6.07, 6.45) is 2.20. The second kappa shape index (κ2) is 5.61. The highest BCUT2D eigenvalue weighted by Gasteiger charge is 2.33. The van der Waals surface area contributed by atoms with E-state index in [1.807, 2.05) is 11.8 Å². The van der Waals surface area contributed by atoms with Crippen molar-refractivity contribution in [2.45, 2.75) is 38.0 Å². The van der Waals surface area contributed by atoms with Crippen LogP contribution in [0.3, 0.4) is 0 Å². The molecule has 2 aliphatic rings. The largest absolute Gasteiger partial charge is 0.367 e. The van der Waals surface area contributed by atoms with Gasteiger partial charge in [-0.15, -0.1) is 0 Å². The summed E-state index contributed by atoms with van der Waals surface area (Å²) in [5, 5.41) is 7.46. The molecule has 0 saturated carbocycles. The Morgan fingerprint density at radius 1 is 1.53 bits per heavy atom. The van der Waals surface area contributed by atoms with Crippen molar-refractivity contribution in [1.82, 2.24) is 10.2 Å². The van der Waals surface area contributed by atoms with Gasteiger partial charge in [0.1, 0.15) is 6.10 Å². The smallest absolute Gasteiger partial charge is 0.239 e. The molecule has 0 radical (unpaired) electrons. The first-order chi connectivity index (χ1) is 9.24. The Morgan fingerprint density at radius 2 is 2.42 bits per heavy atom. The van der Waals surface area contributed by atoms with Crippen molar-refractivity contribution in [2.75, 3.05) is 19.6 Å². The summed E-state index contributed by atoms with van der Waals surface area (Å²) in [6.45, 7) is 4.39. The summed E-state index contributed by atoms with van der Waals surface area (Å²) in [5.74, 6) is 0.243. The molecule has 2 fully saturated rings. The van der Waals surface area contributed by atoms with E-state index in [4.69, 9.17) is 4.74 Å². The maximum atomic E-state index is 12.5. The molecule has 2 aliphatic heterocycles. The van der Waals surface area contributed by atoms with Crippen LogP contribution in [0.1, 0.15) is 31.4 Å². The molecule has 3 rings (SSSR count). The van der Waals surface area contributed by atoms with E-state index < -0.39 is 0 Å². The lowest BCUT2D eigenvalue weighted by Gasteiger charge is -2.37. The third-order valence-corrected chi connectivity index (χ3v) is 4.55. The van der Waals surface area contributed by atoms with E-state index >= 15 is 0 Å². The first kappa shape index (κ1) is 13.1. The highest BCUT2D eigenvalue weighted by molar-refractivity contribution is 7.07. The average Bonchev–Trinajstić information content (AvgIpc) is 3.10. The van der Waals surface area contributed by atoms with Gasteiger partial charge in [-0.05, 0) is 48.7 Å². The quantitative estimate of drug-likeness (QED) is 0.898. The fraction of sp³-hybridized carbons (Fsp3) is 0.643. The van der Waals surface area contributed by atoms with E-state index in [9.17, 15) is 4.79 Å². The minimum absolute atomic E-state index is 0.0217. The molecule has 4 nitrogen and oxygen atoms in total. The van der Waals surface area contributed by atoms with Gasteiger partial charge in [-0.1, -0.05) is 0 Å². The minimum atomic E-state index is 0.0217. The number of amides is 1. The lowest BCUT2D eigenvalue weighted by molar-refractivity contribution is -0.146. The highest BCUT2D eigenvalue weighted by atomic mass is 32.1. The maximum Gasteiger partial charge on any atom is 0.239 e. The number of morpholine rings is 1. The molecule has 0 unspecified atom stereocenters. The molecule has 1 aromatic rings. The van der Waals surface area contributed by atoms with Crippen LogP contribution >= 0.6 is 11.3 Å². The van der Waals surface area contributed by atoms with Crippen LogP contribution < -0.4 is 5.32 Å². The molecular weight excluding hydrogens is 260 g/mol. The van der Waals surface area contributed by atoms with Crippen molar-refractivity contribution < 1.29 is 9.53 Å². The molecule has 1 aromatic heterocycles. The normalized spacial score (nSPS) is 31.6. The van der Waals surface area contributed by atoms with Crippen LogP contribution in [0.15, 0.2) is 16.8 Å². The summed E-state index contributed by atoms with van der Waals surface area (Å²) < 4.78 is 5.97. The number of hydrogen-bond donors (Lipinski definition) is 1. The van der Waals surface area contributed by atoms with E-state index in [1.165, 1.54) is 5.56 Å². The molecule has 104 valence electrons. The lowest BCUT2D eigenvalue weighted by atomic mass is 10.1. The summed E-state index contributed by atoms with van der Waals surface area (Å²) in [7, 11) is 0. The molecule has 2 saturated heterocycles. The van der Waals surface area contributed by atoms with Gasteiger partial charge in [-0.3, -0.25) is 4.79 Å². The Balaban J connectivity index is 1.69. The third kappa shape index (κ3) is 2.83. The Morgan fingerprint density at radius 3 is 3.11 bits per heavy atom. The maximum absolute atomic E-state index is 12.5. The monoisotopic (exact) mass is 280 g/mol. The Bertz CT molecular complexity index is 429. The standard InChI is InChI=1S/C14H20N2O2S/c1-10-7-16(14(17)12-3-2-5-15-12)8-13(18-10)11-4-6-19-9-11/h4,6,9-10,12-13,15H,2-3,5,7-8H2,1H3/t10-,12+,13+/m1/s1. The molecule has 1 N–H and O–H groups in total. The molecule has 0 aliphatic carbocycles. The summed E-state index contributed by atoms with van der Waals surface area (Å²) >= 11 is 1.67. The van der Waals surface area contributed by atoms with E-state index in [-0.39, 0.29) is 24.2 Å². The van der Waals surface area contributed by atoms with E-state index in [1.54, 1.807) is 11.3 Å². The van der Waals surface area contributed by atoms with Gasteiger partial charge < -0.3 is 15.0 Å². The Hall–Kier alpha value is -0.910. The number of hydrogen-bond acceptors (Lipinski definition) is 4. The topological polar surface area (TPSA) is 41.6 Å². The van der Waals surface area contributed by atoms with Crippen LogP contribution in [0, 0.1) is 0 Å². The molecule has 19 heavy (non-hydrogen) atoms. The van der Waals surface area contributed by atoms with Crippen molar-refractivity contribution in [1.29, 1.82) is 0 Å². The molecular formula is C14H20N2O2S. The summed E-state index contributed by atoms with van der Waals surface area (Å²) in [6, 6.07) is 2.11. The molecule has 0 aromatic carbocycles. The zero-order valence-electron chi connectivity index (χ0n) is 11.2. The SMILES string of the molecule is C[C@@H]1CN(C(=O)[C@@H]2CCCN2)C[C@@H](c2ccsc2)O1. The molecule has 0 bridgehead atoms. The number of ether oxygens (including phenoxy) is 1. The van der Waals surface area contributed by atoms with Crippen molar-refractivity contribution in [3.05, 3.63) is 22.4 Å². The van der Waals surface area contributed by atoms with Crippen molar-refractivity contribution >= 4 is 17.2 Å². The predicted octanol–water partition coefficient (Wildman–Crippen LogP) is 1.79. The van der Waals surface area contributed by atoms with Crippen molar-refractivity contribution in [2.24, 2.45) is 0 Å². The number of carbonyl (C=O) groups excluding carboxylic acids is 1. The van der Waals surface area contributed by atoms with E-state index in [2.05, 4.69) is 22.1 Å². The van der Waals surface area contributed by atoms with Crippen LogP contribution in [0.25, 0.3) is 0 Å². The van der Waals surface area contributed by atoms with Gasteiger partial charge in [0.2, 0.25) is 5.91 Å². The van der Waals surface area contributed by atoms with Crippen LogP contribution in [0.4, 0.5) is 0 Å². The molecule has 5 heteroatoms. The number of carbonyl (C=O) groups is 1. The second-order valence-corrected chi connectivity index (χ2v) is 6.16. The summed E-state index contributed by atoms with van der Waals surface area (Å²) in [5.41, 5.74) is 1.19. The number of nitrogens with zero attached hydrogens (tertiary/aromatic N) is 1. The molecule has 3 atom stereocenters. The van der Waals surface area contributed by atoms with Crippen molar-refractivity contribution in [3.8, 4) is 0 Å². The van der Waals surface area contributed by atoms with Gasteiger partial charge in [0.25, 0.3) is 0 Å². The van der Waals surface area contributed by atoms with Crippen molar-refractivity contribution in [3.63, 3.8) is 0 Å². The fourth-order valence-electron chi connectivity index (χ4n) is 2.89. The highest BCUT2D eigenvalue weighted by Crippen LogP contribution is 2.27. The first-order valence-corrected chi connectivity index (χ1v) is 7.88. The van der Waals surface area contributed by atoms with Gasteiger partial charge in [0, 0.05) is 6.54 Å². The minimum Gasteiger partial charge on any atom is -0.367 e. The molecule has 3 heterocycles. The lowest BCUT2D eigenvalue weighted by Crippen LogP contribution is -2.51. The number of thiophene rings is 1. The van der Waals surface area contributed by atoms with Gasteiger partial charge in [-0.25, -0.2) is 0 Å². The van der Waals surface area contributed by atoms with E-state index in [0.717, 1.165) is 19.4 Å². The van der Waals surface area contributed by atoms with Crippen LogP contribution in [-0.2, 0) is 9.53 Å². The van der Waals surface area contributed by atoms with Gasteiger partial charge in [0.15, 0.2) is 0 Å². The average molecular weight is 280 g/mol. The predicted molar refractivity (Wildman–Crippen MR) is 75.2 cm³/mol. The van der Waals surface area contributed by atoms with Gasteiger partial charge in [-0.2, -0.15) is 11.3 Å². The van der Waals surface area contributed by atoms with Crippen LogP contribution in [0.5, 0.6) is 0 Å². The van der Waals surface area contributed by atoms with E-state index in [0.29, 0.717) is 13.1 Å². The van der Waals surface area contributed by atoms with Gasteiger partial charge >= 0.3 is 0 Å². The number of nitrogens with one attached hydrogen (secondary N) is 1.